The van der Waals surface area contributed by atoms with E-state index in [0.717, 1.165) is 5.56 Å². The third-order valence-electron chi connectivity index (χ3n) is 6.13. The molecule has 0 aromatic heterocycles. The zero-order chi connectivity index (χ0) is 23.8. The molecule has 176 valence electrons. The number of fused-ring (bicyclic) bond motifs is 1. The minimum Gasteiger partial charge on any atom is -0.497 e. The highest BCUT2D eigenvalue weighted by atomic mass is 16.7. The normalized spacial score (nSPS) is 18.7. The van der Waals surface area contributed by atoms with E-state index in [2.05, 4.69) is 11.9 Å². The first-order valence-corrected chi connectivity index (χ1v) is 10.8. The molecule has 1 atom stereocenters. The van der Waals surface area contributed by atoms with Crippen molar-refractivity contribution in [3.05, 3.63) is 71.5 Å². The molecule has 3 aliphatic rings. The Labute approximate surface area is 197 Å². The van der Waals surface area contributed by atoms with Gasteiger partial charge in [0.1, 0.15) is 11.5 Å². The lowest BCUT2D eigenvalue weighted by Crippen LogP contribution is -2.47. The van der Waals surface area contributed by atoms with Crippen molar-refractivity contribution in [1.29, 1.82) is 0 Å². The third-order valence-corrected chi connectivity index (χ3v) is 6.13. The molecule has 0 spiro atoms. The first kappa shape index (κ1) is 21.7. The van der Waals surface area contributed by atoms with E-state index < -0.39 is 6.04 Å². The maximum absolute atomic E-state index is 13.7. The van der Waals surface area contributed by atoms with Crippen LogP contribution in [0.2, 0.25) is 0 Å². The minimum absolute atomic E-state index is 0.145. The maximum Gasteiger partial charge on any atom is 0.322 e. The smallest absolute Gasteiger partial charge is 0.322 e. The van der Waals surface area contributed by atoms with Crippen molar-refractivity contribution in [2.45, 2.75) is 12.6 Å². The van der Waals surface area contributed by atoms with Gasteiger partial charge in [-0.3, -0.25) is 9.69 Å². The highest BCUT2D eigenvalue weighted by Crippen LogP contribution is 2.39. The predicted molar refractivity (Wildman–Crippen MR) is 123 cm³/mol. The average molecular weight is 463 g/mol. The standard InChI is InChI=1S/C25H25N3O6/c1-4-7-28-19-13-27(12-15-5-6-20-21(8-15)34-14-33-20)24(29)22(19)23(26-25(28)30)16-9-17(31-2)11-18(10-16)32-3/h4-6,8-11,23H,1,7,12-14H2,2-3H3,(H,26,30)/t23-/m0/s1. The fraction of sp³-hybridized carbons (Fsp3) is 0.280. The first-order chi connectivity index (χ1) is 16.5. The van der Waals surface area contributed by atoms with Crippen LogP contribution in [-0.2, 0) is 11.3 Å². The van der Waals surface area contributed by atoms with Gasteiger partial charge in [-0.25, -0.2) is 4.79 Å². The lowest BCUT2D eigenvalue weighted by atomic mass is 9.95. The second-order valence-electron chi connectivity index (χ2n) is 8.14. The largest absolute Gasteiger partial charge is 0.497 e. The van der Waals surface area contributed by atoms with Crippen LogP contribution in [0.15, 0.2) is 60.3 Å². The number of nitrogens with zero attached hydrogens (tertiary/aromatic N) is 2. The first-order valence-electron chi connectivity index (χ1n) is 10.8. The quantitative estimate of drug-likeness (QED) is 0.635. The van der Waals surface area contributed by atoms with E-state index in [9.17, 15) is 9.59 Å². The minimum atomic E-state index is -0.637. The number of carbonyl (C=O) groups is 2. The van der Waals surface area contributed by atoms with E-state index in [1.807, 2.05) is 18.2 Å². The molecule has 9 heteroatoms. The Morgan fingerprint density at radius 1 is 1.09 bits per heavy atom. The Balaban J connectivity index is 1.50. The molecule has 0 saturated carbocycles. The maximum atomic E-state index is 13.7. The molecule has 0 aliphatic carbocycles. The molecule has 9 nitrogen and oxygen atoms in total. The Morgan fingerprint density at radius 2 is 1.82 bits per heavy atom. The second-order valence-corrected chi connectivity index (χ2v) is 8.14. The number of benzene rings is 2. The van der Waals surface area contributed by atoms with Crippen LogP contribution in [0.4, 0.5) is 4.79 Å². The number of methoxy groups -OCH3 is 2. The van der Waals surface area contributed by atoms with Gasteiger partial charge in [0.15, 0.2) is 11.5 Å². The number of amides is 3. The summed E-state index contributed by atoms with van der Waals surface area (Å²) in [5.41, 5.74) is 2.80. The van der Waals surface area contributed by atoms with Crippen LogP contribution in [0, 0.1) is 0 Å². The van der Waals surface area contributed by atoms with Crippen molar-refractivity contribution in [2.24, 2.45) is 0 Å². The van der Waals surface area contributed by atoms with Crippen LogP contribution in [0.25, 0.3) is 0 Å². The van der Waals surface area contributed by atoms with Gasteiger partial charge in [-0.1, -0.05) is 12.1 Å². The molecule has 3 heterocycles. The van der Waals surface area contributed by atoms with E-state index in [4.69, 9.17) is 18.9 Å². The summed E-state index contributed by atoms with van der Waals surface area (Å²) in [6.45, 7) is 4.92. The van der Waals surface area contributed by atoms with Crippen LogP contribution in [-0.4, -0.2) is 55.8 Å². The zero-order valence-corrected chi connectivity index (χ0v) is 19.0. The molecular formula is C25H25N3O6. The number of hydrogen-bond acceptors (Lipinski definition) is 6. The average Bonchev–Trinajstić information content (AvgIpc) is 3.44. The molecule has 5 rings (SSSR count). The molecule has 0 radical (unpaired) electrons. The summed E-state index contributed by atoms with van der Waals surface area (Å²) in [6.07, 6.45) is 1.64. The van der Waals surface area contributed by atoms with Crippen molar-refractivity contribution >= 4 is 11.9 Å². The summed E-state index contributed by atoms with van der Waals surface area (Å²) in [6, 6.07) is 10.0. The number of hydrogen-bond donors (Lipinski definition) is 1. The predicted octanol–water partition coefficient (Wildman–Crippen LogP) is 2.98. The van der Waals surface area contributed by atoms with Gasteiger partial charge in [-0.15, -0.1) is 6.58 Å². The molecule has 2 aromatic carbocycles. The summed E-state index contributed by atoms with van der Waals surface area (Å²) in [5, 5.41) is 2.98. The van der Waals surface area contributed by atoms with E-state index in [0.29, 0.717) is 59.5 Å². The van der Waals surface area contributed by atoms with E-state index in [1.54, 1.807) is 48.3 Å². The van der Waals surface area contributed by atoms with Gasteiger partial charge in [0.25, 0.3) is 5.91 Å². The molecule has 2 aromatic rings. The molecule has 0 unspecified atom stereocenters. The van der Waals surface area contributed by atoms with Crippen LogP contribution < -0.4 is 24.3 Å². The lowest BCUT2D eigenvalue weighted by Gasteiger charge is -2.33. The van der Waals surface area contributed by atoms with Gasteiger partial charge in [-0.2, -0.15) is 0 Å². The van der Waals surface area contributed by atoms with Crippen molar-refractivity contribution in [3.63, 3.8) is 0 Å². The van der Waals surface area contributed by atoms with Crippen molar-refractivity contribution in [1.82, 2.24) is 15.1 Å². The molecule has 0 bridgehead atoms. The van der Waals surface area contributed by atoms with E-state index in [-0.39, 0.29) is 18.7 Å². The molecule has 0 fully saturated rings. The fourth-order valence-corrected chi connectivity index (χ4v) is 4.50. The van der Waals surface area contributed by atoms with Crippen LogP contribution in [0.1, 0.15) is 17.2 Å². The topological polar surface area (TPSA) is 89.6 Å². The van der Waals surface area contributed by atoms with Gasteiger partial charge in [0.2, 0.25) is 6.79 Å². The second kappa shape index (κ2) is 8.66. The Kier molecular flexibility index (Phi) is 5.53. The van der Waals surface area contributed by atoms with Crippen molar-refractivity contribution in [3.8, 4) is 23.0 Å². The fourth-order valence-electron chi connectivity index (χ4n) is 4.50. The SMILES string of the molecule is C=CCN1C(=O)N[C@@H](c2cc(OC)cc(OC)c2)C2=C1CN(Cc1ccc3c(c1)OCO3)C2=O. The number of nitrogens with one attached hydrogen (secondary N) is 1. The van der Waals surface area contributed by atoms with Crippen molar-refractivity contribution < 1.29 is 28.5 Å². The van der Waals surface area contributed by atoms with Crippen LogP contribution in [0.5, 0.6) is 23.0 Å². The summed E-state index contributed by atoms with van der Waals surface area (Å²) in [7, 11) is 3.12. The van der Waals surface area contributed by atoms with Crippen molar-refractivity contribution in [2.75, 3.05) is 34.1 Å². The zero-order valence-electron chi connectivity index (χ0n) is 19.0. The Morgan fingerprint density at radius 3 is 2.53 bits per heavy atom. The molecule has 3 amide bonds. The molecule has 3 aliphatic heterocycles. The number of ether oxygens (including phenoxy) is 4. The van der Waals surface area contributed by atoms with Gasteiger partial charge in [-0.05, 0) is 35.4 Å². The van der Waals surface area contributed by atoms with Gasteiger partial charge >= 0.3 is 6.03 Å². The third kappa shape index (κ3) is 3.68. The molecule has 1 N–H and O–H groups in total. The number of urea groups is 1. The van der Waals surface area contributed by atoms with E-state index >= 15 is 0 Å². The number of carbonyl (C=O) groups excluding carboxylic acids is 2. The highest BCUT2D eigenvalue weighted by molar-refractivity contribution is 6.01. The van der Waals surface area contributed by atoms with E-state index in [1.165, 1.54) is 0 Å². The highest BCUT2D eigenvalue weighted by Gasteiger charge is 2.44. The summed E-state index contributed by atoms with van der Waals surface area (Å²) in [4.78, 5) is 30.0. The molecule has 34 heavy (non-hydrogen) atoms. The summed E-state index contributed by atoms with van der Waals surface area (Å²) >= 11 is 0. The monoisotopic (exact) mass is 463 g/mol. The molecule has 0 saturated heterocycles. The molecular weight excluding hydrogens is 438 g/mol. The Hall–Kier alpha value is -4.14. The van der Waals surface area contributed by atoms with Crippen LogP contribution >= 0.6 is 0 Å². The number of rotatable bonds is 7. The lowest BCUT2D eigenvalue weighted by molar-refractivity contribution is -0.126. The summed E-state index contributed by atoms with van der Waals surface area (Å²) in [5.74, 6) is 2.35. The Bertz CT molecular complexity index is 1180. The van der Waals surface area contributed by atoms with Crippen LogP contribution in [0.3, 0.4) is 0 Å². The summed E-state index contributed by atoms with van der Waals surface area (Å²) < 4.78 is 21.7. The van der Waals surface area contributed by atoms with Gasteiger partial charge < -0.3 is 29.2 Å². The van der Waals surface area contributed by atoms with Gasteiger partial charge in [0, 0.05) is 19.2 Å². The van der Waals surface area contributed by atoms with Gasteiger partial charge in [0.05, 0.1) is 38.1 Å².